The maximum absolute atomic E-state index is 12.1. The Hall–Kier alpha value is -0.230. The summed E-state index contributed by atoms with van der Waals surface area (Å²) >= 11 is 7.33. The normalized spacial score (nSPS) is 12.0. The standard InChI is InChI=1S/C12H18ClNO2S2/c1-14(7-8-17-2)18(15,16)10-12-5-3-11(9-13)4-6-12/h3-6H,7-10H2,1-2H3. The highest BCUT2D eigenvalue weighted by molar-refractivity contribution is 7.98. The first-order chi connectivity index (χ1) is 8.49. The van der Waals surface area contributed by atoms with Gasteiger partial charge >= 0.3 is 0 Å². The lowest BCUT2D eigenvalue weighted by Gasteiger charge is -2.16. The first-order valence-electron chi connectivity index (χ1n) is 5.56. The molecule has 0 spiro atoms. The highest BCUT2D eigenvalue weighted by atomic mass is 35.5. The summed E-state index contributed by atoms with van der Waals surface area (Å²) in [5, 5.41) is 0. The molecular formula is C12H18ClNO2S2. The number of hydrogen-bond acceptors (Lipinski definition) is 3. The lowest BCUT2D eigenvalue weighted by molar-refractivity contribution is 0.487. The Morgan fingerprint density at radius 2 is 1.78 bits per heavy atom. The van der Waals surface area contributed by atoms with Gasteiger partial charge in [0.15, 0.2) is 0 Å². The summed E-state index contributed by atoms with van der Waals surface area (Å²) in [5.41, 5.74) is 1.79. The Bertz CT molecular complexity index is 459. The largest absolute Gasteiger partial charge is 0.218 e. The van der Waals surface area contributed by atoms with Crippen LogP contribution >= 0.6 is 23.4 Å². The van der Waals surface area contributed by atoms with Crippen LogP contribution in [-0.4, -0.2) is 38.3 Å². The van der Waals surface area contributed by atoms with Crippen LogP contribution in [0.4, 0.5) is 0 Å². The van der Waals surface area contributed by atoms with Gasteiger partial charge in [0.1, 0.15) is 0 Å². The van der Waals surface area contributed by atoms with Gasteiger partial charge in [-0.2, -0.15) is 11.8 Å². The Morgan fingerprint density at radius 3 is 2.28 bits per heavy atom. The quantitative estimate of drug-likeness (QED) is 0.727. The van der Waals surface area contributed by atoms with Crippen molar-refractivity contribution in [3.63, 3.8) is 0 Å². The number of halogens is 1. The van der Waals surface area contributed by atoms with Gasteiger partial charge in [-0.25, -0.2) is 12.7 Å². The molecule has 0 saturated carbocycles. The van der Waals surface area contributed by atoms with Crippen LogP contribution in [0.5, 0.6) is 0 Å². The molecule has 0 aliphatic heterocycles. The lowest BCUT2D eigenvalue weighted by atomic mass is 10.2. The van der Waals surface area contributed by atoms with Crippen molar-refractivity contribution in [1.82, 2.24) is 4.31 Å². The highest BCUT2D eigenvalue weighted by Gasteiger charge is 2.17. The van der Waals surface area contributed by atoms with Crippen LogP contribution in [0.15, 0.2) is 24.3 Å². The van der Waals surface area contributed by atoms with E-state index in [1.165, 1.54) is 4.31 Å². The van der Waals surface area contributed by atoms with E-state index >= 15 is 0 Å². The summed E-state index contributed by atoms with van der Waals surface area (Å²) in [6.45, 7) is 0.545. The van der Waals surface area contributed by atoms with E-state index in [1.54, 1.807) is 18.8 Å². The van der Waals surface area contributed by atoms with Crippen LogP contribution in [0.25, 0.3) is 0 Å². The predicted molar refractivity (Wildman–Crippen MR) is 79.6 cm³/mol. The van der Waals surface area contributed by atoms with Gasteiger partial charge in [0.25, 0.3) is 0 Å². The van der Waals surface area contributed by atoms with E-state index in [4.69, 9.17) is 11.6 Å². The number of benzene rings is 1. The second-order valence-electron chi connectivity index (χ2n) is 4.02. The molecule has 0 unspecified atom stereocenters. The predicted octanol–water partition coefficient (Wildman–Crippen LogP) is 2.55. The van der Waals surface area contributed by atoms with Gasteiger partial charge in [0.2, 0.25) is 10.0 Å². The van der Waals surface area contributed by atoms with E-state index in [0.29, 0.717) is 12.4 Å². The third-order valence-electron chi connectivity index (χ3n) is 2.61. The third-order valence-corrected chi connectivity index (χ3v) is 5.34. The van der Waals surface area contributed by atoms with Gasteiger partial charge in [-0.15, -0.1) is 11.6 Å². The number of sulfonamides is 1. The SMILES string of the molecule is CSCCN(C)S(=O)(=O)Cc1ccc(CCl)cc1. The molecule has 6 heteroatoms. The molecule has 0 aliphatic rings. The molecule has 0 N–H and O–H groups in total. The molecule has 1 aromatic rings. The van der Waals surface area contributed by atoms with Crippen molar-refractivity contribution in [2.24, 2.45) is 0 Å². The van der Waals surface area contributed by atoms with Gasteiger partial charge in [0, 0.05) is 25.2 Å². The minimum atomic E-state index is -3.22. The van der Waals surface area contributed by atoms with E-state index in [-0.39, 0.29) is 5.75 Å². The molecular weight excluding hydrogens is 290 g/mol. The van der Waals surface area contributed by atoms with Gasteiger partial charge in [0.05, 0.1) is 5.75 Å². The van der Waals surface area contributed by atoms with E-state index in [2.05, 4.69) is 0 Å². The van der Waals surface area contributed by atoms with Crippen LogP contribution in [0.2, 0.25) is 0 Å². The Balaban J connectivity index is 2.69. The fraction of sp³-hybridized carbons (Fsp3) is 0.500. The Labute approximate surface area is 119 Å². The first-order valence-corrected chi connectivity index (χ1v) is 9.10. The second kappa shape index (κ2) is 7.38. The van der Waals surface area contributed by atoms with Crippen LogP contribution in [0.3, 0.4) is 0 Å². The zero-order valence-corrected chi connectivity index (χ0v) is 13.0. The number of thioether (sulfide) groups is 1. The molecule has 102 valence electrons. The Kier molecular flexibility index (Phi) is 6.49. The zero-order valence-electron chi connectivity index (χ0n) is 10.6. The molecule has 0 amide bonds. The first kappa shape index (κ1) is 15.8. The van der Waals surface area contributed by atoms with Gasteiger partial charge < -0.3 is 0 Å². The summed E-state index contributed by atoms with van der Waals surface area (Å²) in [6, 6.07) is 7.36. The van der Waals surface area contributed by atoms with Crippen molar-refractivity contribution in [2.45, 2.75) is 11.6 Å². The third kappa shape index (κ3) is 4.80. The minimum absolute atomic E-state index is 0.0421. The smallest absolute Gasteiger partial charge is 0.212 e. The summed E-state index contributed by atoms with van der Waals surface area (Å²) in [5.74, 6) is 1.29. The van der Waals surface area contributed by atoms with Crippen LogP contribution in [0.1, 0.15) is 11.1 Å². The Morgan fingerprint density at radius 1 is 1.22 bits per heavy atom. The highest BCUT2D eigenvalue weighted by Crippen LogP contribution is 2.12. The average molecular weight is 308 g/mol. The minimum Gasteiger partial charge on any atom is -0.212 e. The fourth-order valence-corrected chi connectivity index (χ4v) is 3.36. The topological polar surface area (TPSA) is 37.4 Å². The van der Waals surface area contributed by atoms with Crippen LogP contribution < -0.4 is 0 Å². The average Bonchev–Trinajstić information content (AvgIpc) is 2.36. The second-order valence-corrected chi connectivity index (χ2v) is 7.35. The number of rotatable bonds is 7. The lowest BCUT2D eigenvalue weighted by Crippen LogP contribution is -2.30. The summed E-state index contributed by atoms with van der Waals surface area (Å²) in [4.78, 5) is 0. The van der Waals surface area contributed by atoms with E-state index in [0.717, 1.165) is 16.9 Å². The van der Waals surface area contributed by atoms with E-state index in [9.17, 15) is 8.42 Å². The van der Waals surface area contributed by atoms with Crippen molar-refractivity contribution in [3.8, 4) is 0 Å². The van der Waals surface area contributed by atoms with Crippen molar-refractivity contribution < 1.29 is 8.42 Å². The monoisotopic (exact) mass is 307 g/mol. The molecule has 0 radical (unpaired) electrons. The van der Waals surface area contributed by atoms with Gasteiger partial charge in [-0.05, 0) is 17.4 Å². The van der Waals surface area contributed by atoms with Crippen LogP contribution in [0, 0.1) is 0 Å². The number of hydrogen-bond donors (Lipinski definition) is 0. The fourth-order valence-electron chi connectivity index (χ4n) is 1.40. The molecule has 18 heavy (non-hydrogen) atoms. The van der Waals surface area contributed by atoms with Gasteiger partial charge in [-0.1, -0.05) is 24.3 Å². The number of nitrogens with zero attached hydrogens (tertiary/aromatic N) is 1. The van der Waals surface area contributed by atoms with Crippen molar-refractivity contribution in [1.29, 1.82) is 0 Å². The van der Waals surface area contributed by atoms with Gasteiger partial charge in [-0.3, -0.25) is 0 Å². The van der Waals surface area contributed by atoms with Crippen LogP contribution in [-0.2, 0) is 21.7 Å². The molecule has 0 aliphatic carbocycles. The van der Waals surface area contributed by atoms with E-state index in [1.807, 2.05) is 30.5 Å². The molecule has 0 heterocycles. The molecule has 0 aromatic heterocycles. The van der Waals surface area contributed by atoms with Crippen molar-refractivity contribution in [3.05, 3.63) is 35.4 Å². The molecule has 3 nitrogen and oxygen atoms in total. The maximum Gasteiger partial charge on any atom is 0.218 e. The van der Waals surface area contributed by atoms with Crippen molar-refractivity contribution in [2.75, 3.05) is 25.6 Å². The molecule has 0 saturated heterocycles. The van der Waals surface area contributed by atoms with Crippen molar-refractivity contribution >= 4 is 33.4 Å². The molecule has 1 aromatic carbocycles. The molecule has 1 rings (SSSR count). The molecule has 0 bridgehead atoms. The summed E-state index contributed by atoms with van der Waals surface area (Å²) in [7, 11) is -1.59. The molecule has 0 atom stereocenters. The van der Waals surface area contributed by atoms with E-state index < -0.39 is 10.0 Å². The maximum atomic E-state index is 12.1. The molecule has 0 fully saturated rings. The summed E-state index contributed by atoms with van der Waals surface area (Å²) < 4.78 is 25.5. The zero-order chi connectivity index (χ0) is 13.6. The summed E-state index contributed by atoms with van der Waals surface area (Å²) in [6.07, 6.45) is 1.96. The number of alkyl halides is 1.